The summed E-state index contributed by atoms with van der Waals surface area (Å²) < 4.78 is 16.1. The van der Waals surface area contributed by atoms with Crippen molar-refractivity contribution in [3.8, 4) is 11.3 Å². The van der Waals surface area contributed by atoms with E-state index in [1.54, 1.807) is 24.3 Å². The van der Waals surface area contributed by atoms with Gasteiger partial charge in [-0.3, -0.25) is 9.89 Å². The highest BCUT2D eigenvalue weighted by Crippen LogP contribution is 2.27. The highest BCUT2D eigenvalue weighted by Gasteiger charge is 2.28. The van der Waals surface area contributed by atoms with Crippen LogP contribution in [0.5, 0.6) is 0 Å². The summed E-state index contributed by atoms with van der Waals surface area (Å²) in [6.07, 6.45) is 5.74. The minimum absolute atomic E-state index is 0.107. The summed E-state index contributed by atoms with van der Waals surface area (Å²) in [7, 11) is 0. The molecule has 0 aliphatic carbocycles. The van der Waals surface area contributed by atoms with Gasteiger partial charge in [-0.25, -0.2) is 9.37 Å². The molecule has 3 aromatic rings. The molecule has 0 unspecified atom stereocenters. The van der Waals surface area contributed by atoms with Gasteiger partial charge in [0.15, 0.2) is 0 Å². The van der Waals surface area contributed by atoms with Gasteiger partial charge in [-0.2, -0.15) is 5.10 Å². The van der Waals surface area contributed by atoms with E-state index in [-0.39, 0.29) is 17.6 Å². The second kappa shape index (κ2) is 7.34. The number of carbonyl (C=O) groups excluding carboxylic acids is 1. The monoisotopic (exact) mass is 367 g/mol. The van der Waals surface area contributed by atoms with Gasteiger partial charge in [0.25, 0.3) is 5.91 Å². The lowest BCUT2D eigenvalue weighted by atomic mass is 9.96. The van der Waals surface area contributed by atoms with Gasteiger partial charge in [-0.1, -0.05) is 12.1 Å². The Morgan fingerprint density at radius 3 is 3.04 bits per heavy atom. The van der Waals surface area contributed by atoms with Crippen LogP contribution >= 0.6 is 0 Å². The summed E-state index contributed by atoms with van der Waals surface area (Å²) >= 11 is 0. The predicted molar refractivity (Wildman–Crippen MR) is 99.8 cm³/mol. The number of hydrogen-bond acceptors (Lipinski definition) is 3. The fourth-order valence-corrected chi connectivity index (χ4v) is 3.73. The predicted octanol–water partition coefficient (Wildman–Crippen LogP) is 3.45. The molecule has 7 heteroatoms. The molecule has 1 fully saturated rings. The average molecular weight is 367 g/mol. The lowest BCUT2D eigenvalue weighted by molar-refractivity contribution is 0.0697. The zero-order valence-electron chi connectivity index (χ0n) is 15.2. The van der Waals surface area contributed by atoms with Crippen molar-refractivity contribution in [2.75, 3.05) is 13.1 Å². The van der Waals surface area contributed by atoms with Crippen molar-refractivity contribution < 1.29 is 9.18 Å². The molecular weight excluding hydrogens is 345 g/mol. The first-order chi connectivity index (χ1) is 13.2. The molecular formula is C20H22FN5O. The summed E-state index contributed by atoms with van der Waals surface area (Å²) in [5.41, 5.74) is 1.20. The van der Waals surface area contributed by atoms with E-state index in [9.17, 15) is 9.18 Å². The van der Waals surface area contributed by atoms with Gasteiger partial charge >= 0.3 is 0 Å². The number of nitrogens with zero attached hydrogens (tertiary/aromatic N) is 4. The second-order valence-corrected chi connectivity index (χ2v) is 6.81. The Labute approximate surface area is 157 Å². The Morgan fingerprint density at radius 1 is 1.37 bits per heavy atom. The van der Waals surface area contributed by atoms with E-state index in [1.807, 2.05) is 17.3 Å². The summed E-state index contributed by atoms with van der Waals surface area (Å²) in [6, 6.07) is 8.04. The highest BCUT2D eigenvalue weighted by molar-refractivity contribution is 5.93. The highest BCUT2D eigenvalue weighted by atomic mass is 19.1. The van der Waals surface area contributed by atoms with E-state index < -0.39 is 0 Å². The molecule has 1 aromatic carbocycles. The van der Waals surface area contributed by atoms with Crippen LogP contribution in [-0.2, 0) is 6.54 Å². The van der Waals surface area contributed by atoms with Gasteiger partial charge in [0.1, 0.15) is 17.3 Å². The standard InChI is InChI=1S/C20H22FN5O/c1-2-25-11-9-22-19(25)14-6-5-10-26(13-14)20(27)18-12-17(23-24-18)15-7-3-4-8-16(15)21/h3-4,7-9,11-12,14H,2,5-6,10,13H2,1H3,(H,23,24)/t14-/m0/s1. The van der Waals surface area contributed by atoms with Crippen molar-refractivity contribution in [3.63, 3.8) is 0 Å². The Hall–Kier alpha value is -2.96. The topological polar surface area (TPSA) is 66.8 Å². The average Bonchev–Trinajstić information content (AvgIpc) is 3.37. The molecule has 0 spiro atoms. The van der Waals surface area contributed by atoms with Crippen molar-refractivity contribution in [1.29, 1.82) is 0 Å². The maximum absolute atomic E-state index is 14.0. The second-order valence-electron chi connectivity index (χ2n) is 6.81. The third kappa shape index (κ3) is 3.37. The van der Waals surface area contributed by atoms with Gasteiger partial charge in [-0.15, -0.1) is 0 Å². The molecule has 4 rings (SSSR count). The molecule has 1 N–H and O–H groups in total. The first-order valence-corrected chi connectivity index (χ1v) is 9.28. The van der Waals surface area contributed by atoms with Crippen molar-refractivity contribution in [1.82, 2.24) is 24.6 Å². The first kappa shape index (κ1) is 17.5. The van der Waals surface area contributed by atoms with Crippen molar-refractivity contribution in [3.05, 3.63) is 60.1 Å². The fourth-order valence-electron chi connectivity index (χ4n) is 3.73. The van der Waals surface area contributed by atoms with Crippen LogP contribution in [0.25, 0.3) is 11.3 Å². The Kier molecular flexibility index (Phi) is 4.75. The van der Waals surface area contributed by atoms with Gasteiger partial charge in [0.05, 0.1) is 5.69 Å². The van der Waals surface area contributed by atoms with Crippen LogP contribution < -0.4 is 0 Å². The van der Waals surface area contributed by atoms with Gasteiger partial charge in [-0.05, 0) is 38.0 Å². The summed E-state index contributed by atoms with van der Waals surface area (Å²) in [5.74, 6) is 0.801. The normalized spacial score (nSPS) is 17.3. The number of aryl methyl sites for hydroxylation is 1. The number of carbonyl (C=O) groups is 1. The van der Waals surface area contributed by atoms with E-state index in [0.29, 0.717) is 30.0 Å². The summed E-state index contributed by atoms with van der Waals surface area (Å²) in [4.78, 5) is 19.3. The molecule has 2 aromatic heterocycles. The van der Waals surface area contributed by atoms with E-state index in [4.69, 9.17) is 0 Å². The number of imidazole rings is 1. The van der Waals surface area contributed by atoms with Crippen LogP contribution in [0, 0.1) is 5.82 Å². The number of likely N-dealkylation sites (tertiary alicyclic amines) is 1. The molecule has 1 aliphatic heterocycles. The van der Waals surface area contributed by atoms with E-state index >= 15 is 0 Å². The summed E-state index contributed by atoms with van der Waals surface area (Å²) in [6.45, 7) is 4.29. The van der Waals surface area contributed by atoms with Crippen LogP contribution in [0.1, 0.15) is 42.0 Å². The van der Waals surface area contributed by atoms with Crippen LogP contribution in [0.2, 0.25) is 0 Å². The number of halogens is 1. The van der Waals surface area contributed by atoms with Gasteiger partial charge in [0.2, 0.25) is 0 Å². The van der Waals surface area contributed by atoms with Crippen LogP contribution in [-0.4, -0.2) is 43.6 Å². The first-order valence-electron chi connectivity index (χ1n) is 9.28. The third-order valence-corrected chi connectivity index (χ3v) is 5.12. The molecule has 1 aliphatic rings. The molecule has 1 saturated heterocycles. The quantitative estimate of drug-likeness (QED) is 0.768. The molecule has 1 amide bonds. The van der Waals surface area contributed by atoms with Crippen molar-refractivity contribution >= 4 is 5.91 Å². The number of nitrogens with one attached hydrogen (secondary N) is 1. The molecule has 0 bridgehead atoms. The Morgan fingerprint density at radius 2 is 2.22 bits per heavy atom. The number of amides is 1. The van der Waals surface area contributed by atoms with Crippen LogP contribution in [0.4, 0.5) is 4.39 Å². The zero-order valence-corrected chi connectivity index (χ0v) is 15.2. The fraction of sp³-hybridized carbons (Fsp3) is 0.350. The van der Waals surface area contributed by atoms with Crippen molar-refractivity contribution in [2.24, 2.45) is 0 Å². The molecule has 27 heavy (non-hydrogen) atoms. The minimum atomic E-state index is -0.354. The van der Waals surface area contributed by atoms with Crippen LogP contribution in [0.3, 0.4) is 0 Å². The van der Waals surface area contributed by atoms with Gasteiger partial charge in [0, 0.05) is 43.5 Å². The van der Waals surface area contributed by atoms with E-state index in [2.05, 4.69) is 26.7 Å². The van der Waals surface area contributed by atoms with Crippen molar-refractivity contribution in [2.45, 2.75) is 32.2 Å². The number of aromatic nitrogens is 4. The molecule has 0 radical (unpaired) electrons. The Balaban J connectivity index is 1.52. The molecule has 0 saturated carbocycles. The number of benzene rings is 1. The SMILES string of the molecule is CCn1ccnc1[C@H]1CCCN(C(=O)c2cc(-c3ccccc3F)n[nH]2)C1. The lowest BCUT2D eigenvalue weighted by Gasteiger charge is -2.32. The minimum Gasteiger partial charge on any atom is -0.337 e. The third-order valence-electron chi connectivity index (χ3n) is 5.12. The zero-order chi connectivity index (χ0) is 18.8. The number of hydrogen-bond donors (Lipinski definition) is 1. The largest absolute Gasteiger partial charge is 0.337 e. The van der Waals surface area contributed by atoms with E-state index in [0.717, 1.165) is 25.2 Å². The van der Waals surface area contributed by atoms with E-state index in [1.165, 1.54) is 6.07 Å². The Bertz CT molecular complexity index is 947. The number of rotatable bonds is 4. The number of piperidine rings is 1. The maximum atomic E-state index is 14.0. The maximum Gasteiger partial charge on any atom is 0.271 e. The van der Waals surface area contributed by atoms with Gasteiger partial charge < -0.3 is 9.47 Å². The molecule has 3 heterocycles. The summed E-state index contributed by atoms with van der Waals surface area (Å²) in [5, 5.41) is 6.90. The molecule has 1 atom stereocenters. The molecule has 140 valence electrons. The lowest BCUT2D eigenvalue weighted by Crippen LogP contribution is -2.40. The van der Waals surface area contributed by atoms with Crippen LogP contribution in [0.15, 0.2) is 42.7 Å². The smallest absolute Gasteiger partial charge is 0.271 e. The molecule has 6 nitrogen and oxygen atoms in total. The number of H-pyrrole nitrogens is 1. The number of aromatic amines is 1.